The van der Waals surface area contributed by atoms with Crippen LogP contribution in [0.25, 0.3) is 0 Å². The minimum Gasteiger partial charge on any atom is -0.508 e. The molecule has 2 aromatic rings. The van der Waals surface area contributed by atoms with Crippen LogP contribution in [0.2, 0.25) is 0 Å². The molecule has 1 heterocycles. The lowest BCUT2D eigenvalue weighted by molar-refractivity contribution is 0.447. The van der Waals surface area contributed by atoms with Crippen LogP contribution < -0.4 is 5.32 Å². The van der Waals surface area contributed by atoms with Crippen molar-refractivity contribution in [3.8, 4) is 5.75 Å². The first-order valence-corrected chi connectivity index (χ1v) is 7.21. The van der Waals surface area contributed by atoms with Crippen molar-refractivity contribution in [2.24, 2.45) is 0 Å². The largest absolute Gasteiger partial charge is 0.508 e. The molecule has 0 aliphatic heterocycles. The van der Waals surface area contributed by atoms with E-state index in [1.165, 1.54) is 15.8 Å². The Morgan fingerprint density at radius 3 is 2.63 bits per heavy atom. The van der Waals surface area contributed by atoms with Crippen molar-refractivity contribution in [2.45, 2.75) is 32.9 Å². The van der Waals surface area contributed by atoms with Gasteiger partial charge >= 0.3 is 0 Å². The monoisotopic (exact) mass is 279 g/mol. The lowest BCUT2D eigenvalue weighted by Gasteiger charge is -2.15. The second-order valence-corrected chi connectivity index (χ2v) is 5.78. The zero-order valence-electron chi connectivity index (χ0n) is 11.1. The predicted molar refractivity (Wildman–Crippen MR) is 77.0 cm³/mol. The van der Waals surface area contributed by atoms with E-state index in [-0.39, 0.29) is 11.8 Å². The van der Waals surface area contributed by atoms with Crippen LogP contribution in [-0.4, -0.2) is 5.11 Å². The van der Waals surface area contributed by atoms with Gasteiger partial charge in [-0.05, 0) is 31.5 Å². The SMILES string of the molecule is CCc1ccc(CNC(C)c2ccc(F)cc2O)s1. The molecule has 1 atom stereocenters. The third kappa shape index (κ3) is 3.55. The molecule has 102 valence electrons. The highest BCUT2D eigenvalue weighted by Crippen LogP contribution is 2.25. The molecule has 0 radical (unpaired) electrons. The van der Waals surface area contributed by atoms with Gasteiger partial charge in [-0.25, -0.2) is 4.39 Å². The maximum atomic E-state index is 12.9. The fraction of sp³-hybridized carbons (Fsp3) is 0.333. The number of phenols is 1. The van der Waals surface area contributed by atoms with E-state index in [0.29, 0.717) is 5.56 Å². The van der Waals surface area contributed by atoms with Crippen molar-refractivity contribution < 1.29 is 9.50 Å². The smallest absolute Gasteiger partial charge is 0.126 e. The van der Waals surface area contributed by atoms with Gasteiger partial charge in [0.1, 0.15) is 11.6 Å². The van der Waals surface area contributed by atoms with Gasteiger partial charge in [0.25, 0.3) is 0 Å². The number of nitrogens with one attached hydrogen (secondary N) is 1. The van der Waals surface area contributed by atoms with Crippen molar-refractivity contribution >= 4 is 11.3 Å². The van der Waals surface area contributed by atoms with Gasteiger partial charge in [-0.2, -0.15) is 0 Å². The summed E-state index contributed by atoms with van der Waals surface area (Å²) in [6, 6.07) is 8.37. The van der Waals surface area contributed by atoms with Crippen LogP contribution in [0.4, 0.5) is 4.39 Å². The predicted octanol–water partition coefficient (Wildman–Crippen LogP) is 4.01. The molecule has 0 amide bonds. The summed E-state index contributed by atoms with van der Waals surface area (Å²) < 4.78 is 12.9. The molecule has 0 fully saturated rings. The molecule has 0 bridgehead atoms. The van der Waals surface area contributed by atoms with Crippen LogP contribution in [-0.2, 0) is 13.0 Å². The number of halogens is 1. The average Bonchev–Trinajstić information content (AvgIpc) is 2.84. The summed E-state index contributed by atoms with van der Waals surface area (Å²) >= 11 is 1.79. The Balaban J connectivity index is 1.98. The third-order valence-corrected chi connectivity index (χ3v) is 4.34. The van der Waals surface area contributed by atoms with E-state index >= 15 is 0 Å². The number of hydrogen-bond donors (Lipinski definition) is 2. The van der Waals surface area contributed by atoms with Crippen molar-refractivity contribution in [3.05, 3.63) is 51.5 Å². The number of benzene rings is 1. The highest BCUT2D eigenvalue weighted by molar-refractivity contribution is 7.11. The third-order valence-electron chi connectivity index (χ3n) is 3.11. The van der Waals surface area contributed by atoms with Crippen LogP contribution in [0.5, 0.6) is 5.75 Å². The van der Waals surface area contributed by atoms with E-state index in [4.69, 9.17) is 0 Å². The first-order chi connectivity index (χ1) is 9.10. The van der Waals surface area contributed by atoms with E-state index in [2.05, 4.69) is 24.4 Å². The van der Waals surface area contributed by atoms with Gasteiger partial charge in [0.2, 0.25) is 0 Å². The molecule has 0 aliphatic rings. The number of rotatable bonds is 5. The summed E-state index contributed by atoms with van der Waals surface area (Å²) in [5.74, 6) is -0.417. The second-order valence-electron chi connectivity index (χ2n) is 4.53. The molecule has 0 spiro atoms. The lowest BCUT2D eigenvalue weighted by Crippen LogP contribution is -2.17. The molecule has 0 aliphatic carbocycles. The molecular weight excluding hydrogens is 261 g/mol. The molecule has 0 saturated heterocycles. The minimum absolute atomic E-state index is 0.000395. The minimum atomic E-state index is -0.417. The summed E-state index contributed by atoms with van der Waals surface area (Å²) in [4.78, 5) is 2.64. The van der Waals surface area contributed by atoms with Crippen molar-refractivity contribution in [1.82, 2.24) is 5.32 Å². The zero-order chi connectivity index (χ0) is 13.8. The van der Waals surface area contributed by atoms with E-state index in [0.717, 1.165) is 19.0 Å². The van der Waals surface area contributed by atoms with E-state index < -0.39 is 5.82 Å². The van der Waals surface area contributed by atoms with Crippen LogP contribution in [0, 0.1) is 5.82 Å². The lowest BCUT2D eigenvalue weighted by atomic mass is 10.1. The van der Waals surface area contributed by atoms with E-state index in [9.17, 15) is 9.50 Å². The highest BCUT2D eigenvalue weighted by atomic mass is 32.1. The second kappa shape index (κ2) is 6.17. The molecule has 0 saturated carbocycles. The highest BCUT2D eigenvalue weighted by Gasteiger charge is 2.11. The first kappa shape index (κ1) is 14.0. The molecule has 2 N–H and O–H groups in total. The van der Waals surface area contributed by atoms with Crippen LogP contribution in [0.1, 0.15) is 35.2 Å². The Morgan fingerprint density at radius 2 is 2.00 bits per heavy atom. The Bertz CT molecular complexity index is 553. The van der Waals surface area contributed by atoms with Gasteiger partial charge in [-0.15, -0.1) is 11.3 Å². The number of aryl methyl sites for hydroxylation is 1. The number of phenolic OH excluding ortho intramolecular Hbond substituents is 1. The Kier molecular flexibility index (Phi) is 4.56. The average molecular weight is 279 g/mol. The van der Waals surface area contributed by atoms with Gasteiger partial charge in [-0.3, -0.25) is 0 Å². The maximum absolute atomic E-state index is 12.9. The summed E-state index contributed by atoms with van der Waals surface area (Å²) in [5, 5.41) is 13.1. The fourth-order valence-electron chi connectivity index (χ4n) is 1.95. The zero-order valence-corrected chi connectivity index (χ0v) is 11.9. The molecule has 2 rings (SSSR count). The fourth-order valence-corrected chi connectivity index (χ4v) is 2.86. The molecular formula is C15H18FNOS. The van der Waals surface area contributed by atoms with E-state index in [1.807, 2.05) is 6.92 Å². The Hall–Kier alpha value is -1.39. The van der Waals surface area contributed by atoms with Gasteiger partial charge in [0.05, 0.1) is 0 Å². The number of hydrogen-bond acceptors (Lipinski definition) is 3. The quantitative estimate of drug-likeness (QED) is 0.867. The summed E-state index contributed by atoms with van der Waals surface area (Å²) in [7, 11) is 0. The molecule has 1 aromatic heterocycles. The summed E-state index contributed by atoms with van der Waals surface area (Å²) in [5.41, 5.74) is 0.716. The van der Waals surface area contributed by atoms with Gasteiger partial charge in [0.15, 0.2) is 0 Å². The van der Waals surface area contributed by atoms with Gasteiger partial charge < -0.3 is 10.4 Å². The normalized spacial score (nSPS) is 12.6. The first-order valence-electron chi connectivity index (χ1n) is 6.39. The number of aromatic hydroxyl groups is 1. The summed E-state index contributed by atoms with van der Waals surface area (Å²) in [6.45, 7) is 4.85. The molecule has 19 heavy (non-hydrogen) atoms. The topological polar surface area (TPSA) is 32.3 Å². The van der Waals surface area contributed by atoms with Crippen molar-refractivity contribution in [2.75, 3.05) is 0 Å². The number of thiophene rings is 1. The molecule has 4 heteroatoms. The van der Waals surface area contributed by atoms with Crippen molar-refractivity contribution in [1.29, 1.82) is 0 Å². The van der Waals surface area contributed by atoms with Crippen LogP contribution in [0.3, 0.4) is 0 Å². The Morgan fingerprint density at radius 1 is 1.26 bits per heavy atom. The molecule has 1 unspecified atom stereocenters. The van der Waals surface area contributed by atoms with Gasteiger partial charge in [-0.1, -0.05) is 13.0 Å². The Labute approximate surface area is 116 Å². The van der Waals surface area contributed by atoms with Crippen LogP contribution >= 0.6 is 11.3 Å². The molecule has 1 aromatic carbocycles. The standard InChI is InChI=1S/C15H18FNOS/c1-3-12-5-6-13(19-12)9-17-10(2)14-7-4-11(16)8-15(14)18/h4-8,10,17-18H,3,9H2,1-2H3. The molecule has 2 nitrogen and oxygen atoms in total. The summed E-state index contributed by atoms with van der Waals surface area (Å²) in [6.07, 6.45) is 1.05. The maximum Gasteiger partial charge on any atom is 0.126 e. The van der Waals surface area contributed by atoms with Gasteiger partial charge in [0, 0.05) is 34.0 Å². The van der Waals surface area contributed by atoms with Crippen LogP contribution in [0.15, 0.2) is 30.3 Å². The van der Waals surface area contributed by atoms with Crippen molar-refractivity contribution in [3.63, 3.8) is 0 Å². The van der Waals surface area contributed by atoms with E-state index in [1.54, 1.807) is 17.4 Å².